The Morgan fingerprint density at radius 1 is 0.897 bits per heavy atom. The average Bonchev–Trinajstić information content (AvgIpc) is 3.35. The molecule has 9 nitrogen and oxygen atoms in total. The lowest BCUT2D eigenvalue weighted by Gasteiger charge is -2.25. The van der Waals surface area contributed by atoms with Crippen LogP contribution in [0.4, 0.5) is 16.5 Å². The first-order chi connectivity index (χ1) is 18.9. The monoisotopic (exact) mass is 567 g/mol. The fraction of sp³-hybridized carbons (Fsp3) is 0.690. The van der Waals surface area contributed by atoms with Gasteiger partial charge in [-0.3, -0.25) is 0 Å². The number of benzene rings is 1. The lowest BCUT2D eigenvalue weighted by atomic mass is 10.2. The molecule has 2 rings (SSSR count). The third-order valence-corrected chi connectivity index (χ3v) is 6.32. The van der Waals surface area contributed by atoms with E-state index in [0.717, 1.165) is 42.6 Å². The number of azo groups is 1. The molecule has 10 heteroatoms. The summed E-state index contributed by atoms with van der Waals surface area (Å²) in [6.07, 6.45) is 3.31. The quantitative estimate of drug-likeness (QED) is 0.123. The standard InChI is InChI=1S/C27H45N4O5S.C2H6/c1-6-15-35-23(3)20-33-17-12-31(13-18-34-21-24(4)36-16-11-22(2)32)26-9-7-25(8-10-26)28-29-27-30(5)14-19-37-27;1-2/h7-10,14,19,22-24,32H,6,11-13,15-18,20-21H2,1-5H3;1-2H3/q+1;. The summed E-state index contributed by atoms with van der Waals surface area (Å²) in [6, 6.07) is 8.05. The highest BCUT2D eigenvalue weighted by Gasteiger charge is 2.11. The van der Waals surface area contributed by atoms with Gasteiger partial charge in [0.1, 0.15) is 11.9 Å². The second kappa shape index (κ2) is 21.8. The molecular formula is C29H51N4O5S+. The molecule has 3 unspecified atom stereocenters. The number of nitrogens with zero attached hydrogens (tertiary/aromatic N) is 4. The van der Waals surface area contributed by atoms with Gasteiger partial charge in [0.15, 0.2) is 0 Å². The number of anilines is 1. The first-order valence-corrected chi connectivity index (χ1v) is 15.0. The summed E-state index contributed by atoms with van der Waals surface area (Å²) in [5.74, 6) is 0. The van der Waals surface area contributed by atoms with Crippen molar-refractivity contribution in [3.05, 3.63) is 35.8 Å². The molecule has 1 aromatic carbocycles. The molecule has 1 heterocycles. The number of hydrogen-bond acceptors (Lipinski definition) is 9. The molecule has 0 saturated heterocycles. The van der Waals surface area contributed by atoms with E-state index in [0.29, 0.717) is 39.5 Å². The highest BCUT2D eigenvalue weighted by molar-refractivity contribution is 7.12. The lowest BCUT2D eigenvalue weighted by molar-refractivity contribution is -0.654. The van der Waals surface area contributed by atoms with Gasteiger partial charge in [-0.25, -0.2) is 4.57 Å². The molecule has 0 aliphatic heterocycles. The Hall–Kier alpha value is -1.95. The van der Waals surface area contributed by atoms with E-state index in [4.69, 9.17) is 18.9 Å². The van der Waals surface area contributed by atoms with E-state index in [-0.39, 0.29) is 18.3 Å². The minimum Gasteiger partial charge on any atom is -0.393 e. The SMILES string of the molecule is CC.CCCOC(C)COCCN(CCOCC(C)OCCC(C)O)c1ccc(N=Nc2scc[n+]2C)cc1. The number of rotatable bonds is 20. The Morgan fingerprint density at radius 2 is 1.49 bits per heavy atom. The summed E-state index contributed by atoms with van der Waals surface area (Å²) in [7, 11) is 1.95. The van der Waals surface area contributed by atoms with Crippen LogP contribution in [-0.2, 0) is 26.0 Å². The molecule has 0 aliphatic rings. The van der Waals surface area contributed by atoms with Gasteiger partial charge in [0, 0.05) is 37.4 Å². The molecule has 0 radical (unpaired) electrons. The van der Waals surface area contributed by atoms with E-state index in [1.807, 2.05) is 63.0 Å². The second-order valence-electron chi connectivity index (χ2n) is 9.15. The molecule has 2 aromatic rings. The van der Waals surface area contributed by atoms with Crippen LogP contribution < -0.4 is 9.47 Å². The van der Waals surface area contributed by atoms with Gasteiger partial charge in [0.25, 0.3) is 0 Å². The molecule has 0 fully saturated rings. The Bertz CT molecular complexity index is 879. The van der Waals surface area contributed by atoms with Gasteiger partial charge in [-0.15, -0.1) is 0 Å². The molecular weight excluding hydrogens is 516 g/mol. The molecule has 0 aliphatic carbocycles. The van der Waals surface area contributed by atoms with Crippen LogP contribution in [-0.4, -0.2) is 76.1 Å². The van der Waals surface area contributed by atoms with Gasteiger partial charge in [-0.05, 0) is 74.3 Å². The number of ether oxygens (including phenoxy) is 4. The molecule has 39 heavy (non-hydrogen) atoms. The molecule has 3 atom stereocenters. The second-order valence-corrected chi connectivity index (χ2v) is 10.0. The van der Waals surface area contributed by atoms with E-state index in [1.165, 1.54) is 0 Å². The smallest absolute Gasteiger partial charge is 0.393 e. The Kier molecular flexibility index (Phi) is 19.6. The summed E-state index contributed by atoms with van der Waals surface area (Å²) in [5, 5.41) is 20.9. The number of aryl methyl sites for hydroxylation is 1. The van der Waals surface area contributed by atoms with Crippen LogP contribution in [0.2, 0.25) is 0 Å². The van der Waals surface area contributed by atoms with Crippen molar-refractivity contribution in [1.29, 1.82) is 0 Å². The number of aromatic nitrogens is 1. The van der Waals surface area contributed by atoms with Gasteiger partial charge in [0.2, 0.25) is 0 Å². The molecule has 1 aromatic heterocycles. The predicted octanol–water partition coefficient (Wildman–Crippen LogP) is 5.84. The summed E-state index contributed by atoms with van der Waals surface area (Å²) in [5.41, 5.74) is 1.87. The Balaban J connectivity index is 0.00000371. The van der Waals surface area contributed by atoms with E-state index in [2.05, 4.69) is 34.2 Å². The van der Waals surface area contributed by atoms with E-state index in [9.17, 15) is 5.11 Å². The number of aliphatic hydroxyl groups is 1. The first kappa shape index (κ1) is 35.1. The third kappa shape index (κ3) is 16.0. The summed E-state index contributed by atoms with van der Waals surface area (Å²) < 4.78 is 25.1. The van der Waals surface area contributed by atoms with Crippen molar-refractivity contribution in [2.45, 2.75) is 72.7 Å². The van der Waals surface area contributed by atoms with Crippen LogP contribution in [0.5, 0.6) is 0 Å². The molecule has 0 amide bonds. The number of thiazole rings is 1. The van der Waals surface area contributed by atoms with Crippen molar-refractivity contribution in [3.8, 4) is 0 Å². The maximum absolute atomic E-state index is 9.36. The zero-order valence-electron chi connectivity index (χ0n) is 25.0. The average molecular weight is 568 g/mol. The molecule has 1 N–H and O–H groups in total. The highest BCUT2D eigenvalue weighted by Crippen LogP contribution is 2.22. The van der Waals surface area contributed by atoms with Crippen LogP contribution in [0, 0.1) is 0 Å². The van der Waals surface area contributed by atoms with Gasteiger partial charge in [-0.2, -0.15) is 0 Å². The van der Waals surface area contributed by atoms with Crippen molar-refractivity contribution in [2.24, 2.45) is 17.3 Å². The molecule has 0 spiro atoms. The minimum absolute atomic E-state index is 0.0186. The zero-order chi connectivity index (χ0) is 28.9. The summed E-state index contributed by atoms with van der Waals surface area (Å²) in [4.78, 5) is 2.25. The van der Waals surface area contributed by atoms with E-state index < -0.39 is 0 Å². The normalized spacial score (nSPS) is 13.6. The lowest BCUT2D eigenvalue weighted by Crippen LogP contribution is -2.32. The molecule has 0 saturated carbocycles. The van der Waals surface area contributed by atoms with Gasteiger partial charge in [-0.1, -0.05) is 20.8 Å². The van der Waals surface area contributed by atoms with Crippen LogP contribution in [0.3, 0.4) is 0 Å². The van der Waals surface area contributed by atoms with Crippen molar-refractivity contribution >= 4 is 27.8 Å². The van der Waals surface area contributed by atoms with Crippen LogP contribution >= 0.6 is 11.3 Å². The largest absolute Gasteiger partial charge is 0.408 e. The molecule has 222 valence electrons. The summed E-state index contributed by atoms with van der Waals surface area (Å²) in [6.45, 7) is 16.9. The van der Waals surface area contributed by atoms with Crippen molar-refractivity contribution in [3.63, 3.8) is 0 Å². The maximum Gasteiger partial charge on any atom is 0.408 e. The third-order valence-electron chi connectivity index (χ3n) is 5.49. The van der Waals surface area contributed by atoms with Crippen LogP contribution in [0.1, 0.15) is 54.4 Å². The van der Waals surface area contributed by atoms with Crippen molar-refractivity contribution in [2.75, 3.05) is 57.6 Å². The van der Waals surface area contributed by atoms with Crippen LogP contribution in [0.15, 0.2) is 46.1 Å². The van der Waals surface area contributed by atoms with Crippen molar-refractivity contribution in [1.82, 2.24) is 0 Å². The Morgan fingerprint density at radius 3 is 2.00 bits per heavy atom. The zero-order valence-corrected chi connectivity index (χ0v) is 25.9. The Labute approximate surface area is 239 Å². The summed E-state index contributed by atoms with van der Waals surface area (Å²) >= 11 is 1.55. The topological polar surface area (TPSA) is 89.0 Å². The van der Waals surface area contributed by atoms with Gasteiger partial charge >= 0.3 is 5.13 Å². The first-order valence-electron chi connectivity index (χ1n) is 14.2. The molecule has 0 bridgehead atoms. The van der Waals surface area contributed by atoms with Crippen molar-refractivity contribution < 1.29 is 28.6 Å². The predicted molar refractivity (Wildman–Crippen MR) is 159 cm³/mol. The van der Waals surface area contributed by atoms with Crippen LogP contribution in [0.25, 0.3) is 0 Å². The van der Waals surface area contributed by atoms with E-state index in [1.54, 1.807) is 18.3 Å². The number of aliphatic hydroxyl groups excluding tert-OH is 1. The highest BCUT2D eigenvalue weighted by atomic mass is 32.1. The number of hydrogen-bond donors (Lipinski definition) is 1. The minimum atomic E-state index is -0.350. The maximum atomic E-state index is 9.36. The van der Waals surface area contributed by atoms with Gasteiger partial charge < -0.3 is 29.0 Å². The fourth-order valence-electron chi connectivity index (χ4n) is 3.33. The van der Waals surface area contributed by atoms with E-state index >= 15 is 0 Å². The van der Waals surface area contributed by atoms with Gasteiger partial charge in [0.05, 0.1) is 56.9 Å². The fourth-order valence-corrected chi connectivity index (χ4v) is 4.01.